The summed E-state index contributed by atoms with van der Waals surface area (Å²) in [5.41, 5.74) is 2.98. The predicted molar refractivity (Wildman–Crippen MR) is 89.4 cm³/mol. The third-order valence-corrected chi connectivity index (χ3v) is 4.75. The molecule has 1 aliphatic heterocycles. The van der Waals surface area contributed by atoms with Crippen molar-refractivity contribution < 1.29 is 9.13 Å². The van der Waals surface area contributed by atoms with Crippen LogP contribution in [0.3, 0.4) is 0 Å². The van der Waals surface area contributed by atoms with E-state index >= 15 is 0 Å². The molecule has 1 unspecified atom stereocenters. The molecule has 2 aliphatic rings. The molecular weight excluding hydrogens is 307 g/mol. The Balaban J connectivity index is 1.38. The van der Waals surface area contributed by atoms with Gasteiger partial charge in [-0.15, -0.1) is 0 Å². The number of halogens is 1. The van der Waals surface area contributed by atoms with Crippen molar-refractivity contribution in [1.29, 1.82) is 0 Å². The largest absolute Gasteiger partial charge is 0.378 e. The molecule has 0 spiro atoms. The van der Waals surface area contributed by atoms with Crippen molar-refractivity contribution in [3.8, 4) is 0 Å². The summed E-state index contributed by atoms with van der Waals surface area (Å²) in [6, 6.07) is 5.55. The van der Waals surface area contributed by atoms with E-state index in [0.29, 0.717) is 6.54 Å². The lowest BCUT2D eigenvalue weighted by molar-refractivity contribution is 0.122. The van der Waals surface area contributed by atoms with Gasteiger partial charge in [0.15, 0.2) is 0 Å². The van der Waals surface area contributed by atoms with Gasteiger partial charge in [0.2, 0.25) is 5.95 Å². The lowest BCUT2D eigenvalue weighted by atomic mass is 10.1. The number of nitrogens with one attached hydrogen (secondary N) is 1. The zero-order valence-electron chi connectivity index (χ0n) is 13.5. The summed E-state index contributed by atoms with van der Waals surface area (Å²) >= 11 is 0. The van der Waals surface area contributed by atoms with Gasteiger partial charge in [0, 0.05) is 43.6 Å². The van der Waals surface area contributed by atoms with Crippen LogP contribution in [-0.2, 0) is 17.7 Å². The van der Waals surface area contributed by atoms with Gasteiger partial charge in [-0.05, 0) is 30.0 Å². The van der Waals surface area contributed by atoms with Crippen molar-refractivity contribution in [3.05, 3.63) is 53.1 Å². The van der Waals surface area contributed by atoms with Crippen molar-refractivity contribution in [2.24, 2.45) is 0 Å². The molecule has 2 heterocycles. The van der Waals surface area contributed by atoms with Crippen LogP contribution in [0.2, 0.25) is 0 Å². The van der Waals surface area contributed by atoms with Gasteiger partial charge in [0.25, 0.3) is 0 Å². The summed E-state index contributed by atoms with van der Waals surface area (Å²) < 4.78 is 19.1. The molecule has 5 nitrogen and oxygen atoms in total. The number of anilines is 1. The molecule has 1 fully saturated rings. The van der Waals surface area contributed by atoms with Gasteiger partial charge in [0.05, 0.1) is 13.2 Å². The fraction of sp³-hybridized carbons (Fsp3) is 0.444. The number of aromatic nitrogens is 2. The average Bonchev–Trinajstić information content (AvgIpc) is 3.06. The minimum Gasteiger partial charge on any atom is -0.378 e. The molecular formula is C18H21FN4O. The summed E-state index contributed by atoms with van der Waals surface area (Å²) in [6.45, 7) is 3.81. The highest BCUT2D eigenvalue weighted by atomic mass is 19.1. The van der Waals surface area contributed by atoms with Crippen LogP contribution in [-0.4, -0.2) is 36.3 Å². The van der Waals surface area contributed by atoms with Gasteiger partial charge >= 0.3 is 0 Å². The van der Waals surface area contributed by atoms with Gasteiger partial charge in [0.1, 0.15) is 5.82 Å². The Morgan fingerprint density at radius 1 is 1.21 bits per heavy atom. The second kappa shape index (κ2) is 6.83. The number of hydrogen-bond acceptors (Lipinski definition) is 5. The van der Waals surface area contributed by atoms with E-state index < -0.39 is 0 Å². The Morgan fingerprint density at radius 2 is 2.00 bits per heavy atom. The molecule has 1 atom stereocenters. The van der Waals surface area contributed by atoms with Crippen molar-refractivity contribution in [3.63, 3.8) is 0 Å². The van der Waals surface area contributed by atoms with E-state index in [1.165, 1.54) is 0 Å². The van der Waals surface area contributed by atoms with E-state index in [9.17, 15) is 4.39 Å². The van der Waals surface area contributed by atoms with Crippen LogP contribution >= 0.6 is 0 Å². The molecule has 0 saturated carbocycles. The van der Waals surface area contributed by atoms with Crippen LogP contribution in [0.1, 0.15) is 29.2 Å². The number of ether oxygens (including phenoxy) is 1. The first-order chi connectivity index (χ1) is 11.8. The fourth-order valence-electron chi connectivity index (χ4n) is 3.43. The Morgan fingerprint density at radius 3 is 2.79 bits per heavy atom. The summed E-state index contributed by atoms with van der Waals surface area (Å²) in [5, 5.41) is 3.50. The monoisotopic (exact) mass is 328 g/mol. The number of rotatable bonds is 4. The SMILES string of the molecule is Fc1cccc2c1CCC2NCc1cnc(N2CCOCC2)nc1. The van der Waals surface area contributed by atoms with Crippen molar-refractivity contribution in [2.45, 2.75) is 25.4 Å². The minimum atomic E-state index is -0.0880. The highest BCUT2D eigenvalue weighted by molar-refractivity contribution is 5.36. The normalized spacial score (nSPS) is 20.2. The Kier molecular flexibility index (Phi) is 4.40. The zero-order valence-corrected chi connectivity index (χ0v) is 13.5. The van der Waals surface area contributed by atoms with Crippen LogP contribution < -0.4 is 10.2 Å². The Hall–Kier alpha value is -2.05. The van der Waals surface area contributed by atoms with Crippen LogP contribution in [0.15, 0.2) is 30.6 Å². The maximum Gasteiger partial charge on any atom is 0.225 e. The van der Waals surface area contributed by atoms with Gasteiger partial charge < -0.3 is 15.0 Å². The molecule has 0 radical (unpaired) electrons. The quantitative estimate of drug-likeness (QED) is 0.933. The first kappa shape index (κ1) is 15.5. The van der Waals surface area contributed by atoms with E-state index in [4.69, 9.17) is 4.74 Å². The highest BCUT2D eigenvalue weighted by Gasteiger charge is 2.24. The molecule has 1 saturated heterocycles. The third kappa shape index (κ3) is 3.12. The molecule has 0 bridgehead atoms. The smallest absolute Gasteiger partial charge is 0.225 e. The predicted octanol–water partition coefficient (Wildman–Crippen LogP) is 2.23. The van der Waals surface area contributed by atoms with Crippen LogP contribution in [0.25, 0.3) is 0 Å². The summed E-state index contributed by atoms with van der Waals surface area (Å²) in [5.74, 6) is 0.672. The summed E-state index contributed by atoms with van der Waals surface area (Å²) in [6.07, 6.45) is 5.47. The minimum absolute atomic E-state index is 0.0880. The molecule has 2 aromatic rings. The lowest BCUT2D eigenvalue weighted by Gasteiger charge is -2.26. The van der Waals surface area contributed by atoms with Gasteiger partial charge in [-0.3, -0.25) is 0 Å². The van der Waals surface area contributed by atoms with Crippen molar-refractivity contribution in [2.75, 3.05) is 31.2 Å². The third-order valence-electron chi connectivity index (χ3n) is 4.75. The number of fused-ring (bicyclic) bond motifs is 1. The highest BCUT2D eigenvalue weighted by Crippen LogP contribution is 2.32. The van der Waals surface area contributed by atoms with Crippen LogP contribution in [0.4, 0.5) is 10.3 Å². The first-order valence-corrected chi connectivity index (χ1v) is 8.45. The van der Waals surface area contributed by atoms with Gasteiger partial charge in [-0.1, -0.05) is 12.1 Å². The molecule has 0 amide bonds. The molecule has 6 heteroatoms. The molecule has 1 N–H and O–H groups in total. The molecule has 24 heavy (non-hydrogen) atoms. The van der Waals surface area contributed by atoms with Gasteiger partial charge in [-0.25, -0.2) is 14.4 Å². The van der Waals surface area contributed by atoms with Crippen LogP contribution in [0, 0.1) is 5.82 Å². The second-order valence-electron chi connectivity index (χ2n) is 6.27. The average molecular weight is 328 g/mol. The topological polar surface area (TPSA) is 50.3 Å². The zero-order chi connectivity index (χ0) is 16.4. The van der Waals surface area contributed by atoms with Crippen molar-refractivity contribution in [1.82, 2.24) is 15.3 Å². The fourth-order valence-corrected chi connectivity index (χ4v) is 3.43. The van der Waals surface area contributed by atoms with E-state index in [-0.39, 0.29) is 11.9 Å². The second-order valence-corrected chi connectivity index (χ2v) is 6.27. The summed E-state index contributed by atoms with van der Waals surface area (Å²) in [4.78, 5) is 11.1. The van der Waals surface area contributed by atoms with Crippen molar-refractivity contribution >= 4 is 5.95 Å². The first-order valence-electron chi connectivity index (χ1n) is 8.45. The van der Waals surface area contributed by atoms with E-state index in [2.05, 4.69) is 20.2 Å². The number of morpholine rings is 1. The molecule has 1 aliphatic carbocycles. The number of hydrogen-bond donors (Lipinski definition) is 1. The Bertz CT molecular complexity index is 701. The lowest BCUT2D eigenvalue weighted by Crippen LogP contribution is -2.37. The number of nitrogens with zero attached hydrogens (tertiary/aromatic N) is 3. The van der Waals surface area contributed by atoms with Crippen LogP contribution in [0.5, 0.6) is 0 Å². The molecule has 126 valence electrons. The standard InChI is InChI=1S/C18H21FN4O/c19-16-3-1-2-15-14(16)4-5-17(15)20-10-13-11-21-18(22-12-13)23-6-8-24-9-7-23/h1-3,11-12,17,20H,4-10H2. The number of benzene rings is 1. The van der Waals surface area contributed by atoms with Gasteiger partial charge in [-0.2, -0.15) is 0 Å². The maximum absolute atomic E-state index is 13.8. The Labute approximate surface area is 140 Å². The van der Waals surface area contributed by atoms with E-state index in [1.807, 2.05) is 18.5 Å². The summed E-state index contributed by atoms with van der Waals surface area (Å²) in [7, 11) is 0. The molecule has 4 rings (SSSR count). The van der Waals surface area contributed by atoms with E-state index in [0.717, 1.165) is 61.8 Å². The maximum atomic E-state index is 13.8. The van der Waals surface area contributed by atoms with E-state index in [1.54, 1.807) is 12.1 Å². The molecule has 1 aromatic heterocycles. The molecule has 1 aromatic carbocycles.